The largest absolute Gasteiger partial charge is 1.00 e. The van der Waals surface area contributed by atoms with Gasteiger partial charge in [-0.1, -0.05) is 18.2 Å². The van der Waals surface area contributed by atoms with Crippen LogP contribution in [0.25, 0.3) is 6.08 Å². The third-order valence-corrected chi connectivity index (χ3v) is 4.11. The first-order valence-electron chi connectivity index (χ1n) is 7.61. The Hall–Kier alpha value is -2.31. The Balaban J connectivity index is 0.000000568. The normalized spacial score (nSPS) is 14.7. The number of hydrogen-bond donors (Lipinski definition) is 0. The van der Waals surface area contributed by atoms with E-state index in [1.807, 2.05) is 25.1 Å². The van der Waals surface area contributed by atoms with Crippen molar-refractivity contribution >= 4 is 25.0 Å². The van der Waals surface area contributed by atoms with E-state index >= 15 is 0 Å². The molecule has 0 atom stereocenters. The minimum atomic E-state index is -3.67. The van der Waals surface area contributed by atoms with E-state index < -0.39 is 7.54 Å². The van der Waals surface area contributed by atoms with Crippen molar-refractivity contribution in [3.8, 4) is 0 Å². The zero-order chi connectivity index (χ0) is 17.9. The van der Waals surface area contributed by atoms with E-state index in [1.165, 1.54) is 17.0 Å². The van der Waals surface area contributed by atoms with Crippen LogP contribution in [0.5, 0.6) is 0 Å². The zero-order valence-corrected chi connectivity index (χ0v) is 14.6. The fourth-order valence-corrected chi connectivity index (χ4v) is 3.01. The lowest BCUT2D eigenvalue weighted by molar-refractivity contribution is -0.401. The number of hydrogen-bond acceptors (Lipinski definition) is 1. The van der Waals surface area contributed by atoms with Gasteiger partial charge in [-0.15, -0.1) is 0 Å². The van der Waals surface area contributed by atoms with Gasteiger partial charge in [0, 0.05) is 17.7 Å². The molecule has 3 rings (SSSR count). The first kappa shape index (κ1) is 20.7. The number of aryl methyl sites for hydroxylation is 1. The molecule has 134 valence electrons. The molecule has 1 aromatic heterocycles. The van der Waals surface area contributed by atoms with Crippen molar-refractivity contribution in [1.29, 1.82) is 0 Å². The quantitative estimate of drug-likeness (QED) is 0.459. The van der Waals surface area contributed by atoms with Gasteiger partial charge in [0.25, 0.3) is 0 Å². The molecule has 1 aliphatic heterocycles. The second-order valence-corrected chi connectivity index (χ2v) is 6.12. The van der Waals surface area contributed by atoms with E-state index in [1.54, 1.807) is 0 Å². The maximum atomic E-state index is 9.67. The lowest BCUT2D eigenvalue weighted by Gasteiger charge is -2.14. The van der Waals surface area contributed by atoms with Crippen molar-refractivity contribution in [1.82, 2.24) is 0 Å². The molecule has 0 saturated heterocycles. The van der Waals surface area contributed by atoms with Gasteiger partial charge >= 0.3 is 7.54 Å². The molecule has 0 amide bonds. The summed E-state index contributed by atoms with van der Waals surface area (Å²) in [4.78, 5) is 0. The molecule has 0 saturated carbocycles. The first-order chi connectivity index (χ1) is 11.2. The maximum absolute atomic E-state index is 9.67. The number of para-hydroxylation sites is 1. The highest BCUT2D eigenvalue weighted by molar-refractivity contribution is 6.33. The fourth-order valence-electron chi connectivity index (χ4n) is 3.01. The number of furan rings is 1. The highest BCUT2D eigenvalue weighted by Gasteiger charge is 2.42. The predicted molar refractivity (Wildman–Crippen MR) is 91.9 cm³/mol. The summed E-state index contributed by atoms with van der Waals surface area (Å²) in [6, 6.07) is 12.6. The topological polar surface area (TPSA) is 16.1 Å². The first-order valence-corrected chi connectivity index (χ1v) is 7.61. The van der Waals surface area contributed by atoms with Crippen molar-refractivity contribution in [2.45, 2.75) is 26.2 Å². The predicted octanol–water partition coefficient (Wildman–Crippen LogP) is 2.19. The maximum Gasteiger partial charge on any atom is 0.762 e. The Kier molecular flexibility index (Phi) is 6.79. The molecule has 0 bridgehead atoms. The van der Waals surface area contributed by atoms with Crippen molar-refractivity contribution in [3.63, 3.8) is 0 Å². The summed E-state index contributed by atoms with van der Waals surface area (Å²) < 4.78 is 36.9. The van der Waals surface area contributed by atoms with Gasteiger partial charge in [0.15, 0.2) is 5.71 Å². The van der Waals surface area contributed by atoms with Gasteiger partial charge in [-0.3, -0.25) is 12.9 Å². The highest BCUT2D eigenvalue weighted by Crippen LogP contribution is 2.39. The summed E-state index contributed by atoms with van der Waals surface area (Å²) in [6.07, 6.45) is 4.21. The summed E-state index contributed by atoms with van der Waals surface area (Å²) >= 11 is 0. The smallest absolute Gasteiger partial charge is 0.762 e. The number of allylic oxidation sites excluding steroid dienone is 1. The number of rotatable bonds is 2. The summed E-state index contributed by atoms with van der Waals surface area (Å²) in [6.45, 7) is 6.50. The highest BCUT2D eigenvalue weighted by atomic mass is 19.4. The van der Waals surface area contributed by atoms with Crippen molar-refractivity contribution in [3.05, 3.63) is 59.6 Å². The molecule has 7 heteroatoms. The Morgan fingerprint density at radius 3 is 2.16 bits per heavy atom. The van der Waals surface area contributed by atoms with Crippen LogP contribution in [-0.2, 0) is 5.41 Å². The molecule has 2 heterocycles. The summed E-state index contributed by atoms with van der Waals surface area (Å²) in [5.74, 6) is 1.84. The van der Waals surface area contributed by atoms with Gasteiger partial charge in [-0.05, 0) is 39.0 Å². The Morgan fingerprint density at radius 1 is 1.04 bits per heavy atom. The summed E-state index contributed by atoms with van der Waals surface area (Å²) in [7, 11) is -1.54. The van der Waals surface area contributed by atoms with Gasteiger partial charge in [0.2, 0.25) is 5.69 Å². The lowest BCUT2D eigenvalue weighted by Crippen LogP contribution is -3.00. The van der Waals surface area contributed by atoms with Crippen molar-refractivity contribution < 1.29 is 26.6 Å². The van der Waals surface area contributed by atoms with Crippen LogP contribution in [0.3, 0.4) is 0 Å². The van der Waals surface area contributed by atoms with Gasteiger partial charge in [-0.2, -0.15) is 4.58 Å². The zero-order valence-electron chi connectivity index (χ0n) is 14.6. The number of halogens is 4. The van der Waals surface area contributed by atoms with E-state index in [2.05, 4.69) is 55.8 Å². The van der Waals surface area contributed by atoms with Gasteiger partial charge < -0.3 is 9.12 Å². The Morgan fingerprint density at radius 2 is 1.64 bits per heavy atom. The number of fused-ring (bicyclic) bond motifs is 1. The van der Waals surface area contributed by atoms with Gasteiger partial charge in [0.1, 0.15) is 18.6 Å². The molecule has 0 unspecified atom stereocenters. The molecule has 25 heavy (non-hydrogen) atoms. The molecule has 0 N–H and O–H groups in total. The second kappa shape index (κ2) is 8.18. The average molecular weight is 353 g/mol. The van der Waals surface area contributed by atoms with Crippen LogP contribution in [0.1, 0.15) is 30.9 Å². The summed E-state index contributed by atoms with van der Waals surface area (Å²) in [5, 5.41) is 0. The summed E-state index contributed by atoms with van der Waals surface area (Å²) in [5.41, 5.74) is 3.96. The van der Waals surface area contributed by atoms with Crippen LogP contribution in [-0.4, -0.2) is 24.9 Å². The fraction of sp³-hybridized carbons (Fsp3) is 0.278. The van der Waals surface area contributed by atoms with Crippen molar-refractivity contribution in [2.75, 3.05) is 7.05 Å². The molecular weight excluding hydrogens is 333 g/mol. The van der Waals surface area contributed by atoms with Crippen LogP contribution in [0.15, 0.2) is 46.9 Å². The van der Waals surface area contributed by atoms with Crippen LogP contribution in [0, 0.1) is 6.92 Å². The Bertz CT molecular complexity index is 778. The minimum absolute atomic E-state index is 0. The third-order valence-electron chi connectivity index (χ3n) is 4.11. The van der Waals surface area contributed by atoms with Crippen LogP contribution >= 0.6 is 0 Å². The SMILES string of the molecule is Cc1ccc(/C=C/C2=[N+](C)c3ccccc3C2(C)C)o1.FB(F)F.[F-]. The lowest BCUT2D eigenvalue weighted by atomic mass is 9.81. The average Bonchev–Trinajstić information content (AvgIpc) is 2.99. The second-order valence-electron chi connectivity index (χ2n) is 6.12. The van der Waals surface area contributed by atoms with Gasteiger partial charge in [0.05, 0.1) is 5.41 Å². The molecule has 0 aliphatic carbocycles. The van der Waals surface area contributed by atoms with E-state index in [-0.39, 0.29) is 10.1 Å². The van der Waals surface area contributed by atoms with Crippen LogP contribution < -0.4 is 4.70 Å². The monoisotopic (exact) mass is 353 g/mol. The van der Waals surface area contributed by atoms with Crippen molar-refractivity contribution in [2.24, 2.45) is 0 Å². The molecule has 1 aromatic carbocycles. The number of benzene rings is 1. The van der Waals surface area contributed by atoms with E-state index in [0.717, 1.165) is 11.5 Å². The molecule has 0 radical (unpaired) electrons. The molecular formula is C18H20BF4NO. The number of nitrogens with zero attached hydrogens (tertiary/aromatic N) is 1. The van der Waals surface area contributed by atoms with E-state index in [9.17, 15) is 12.9 Å². The molecule has 0 spiro atoms. The molecule has 2 nitrogen and oxygen atoms in total. The Labute approximate surface area is 145 Å². The standard InChI is InChI=1S/C18H20NO.BF3.FH/c1-13-9-10-14(20-13)11-12-17-18(2,3)15-7-5-6-8-16(15)19(17)4;2-1(3)4;/h5-12H,1-4H3;;1H/q+1;;/p-1/b12-11+;;. The molecule has 0 fully saturated rings. The minimum Gasteiger partial charge on any atom is -1.00 e. The molecule has 1 aliphatic rings. The van der Waals surface area contributed by atoms with Gasteiger partial charge in [-0.25, -0.2) is 0 Å². The van der Waals surface area contributed by atoms with E-state index in [4.69, 9.17) is 4.42 Å². The van der Waals surface area contributed by atoms with Crippen LogP contribution in [0.2, 0.25) is 0 Å². The molecule has 2 aromatic rings. The van der Waals surface area contributed by atoms with E-state index in [0.29, 0.717) is 0 Å². The third kappa shape index (κ3) is 4.62. The van der Waals surface area contributed by atoms with Crippen LogP contribution in [0.4, 0.5) is 18.6 Å².